The number of hydrogen-bond acceptors (Lipinski definition) is 6. The van der Waals surface area contributed by atoms with Crippen LogP contribution in [0.2, 0.25) is 4.34 Å². The van der Waals surface area contributed by atoms with Gasteiger partial charge in [-0.05, 0) is 56.7 Å². The summed E-state index contributed by atoms with van der Waals surface area (Å²) in [7, 11) is 0. The summed E-state index contributed by atoms with van der Waals surface area (Å²) >= 11 is 8.14. The van der Waals surface area contributed by atoms with Crippen LogP contribution < -0.4 is 5.01 Å². The van der Waals surface area contributed by atoms with Crippen LogP contribution >= 0.6 is 22.9 Å². The second-order valence-electron chi connectivity index (χ2n) is 8.66. The van der Waals surface area contributed by atoms with Crippen LogP contribution in [0.25, 0.3) is 0 Å². The summed E-state index contributed by atoms with van der Waals surface area (Å²) in [6.07, 6.45) is 5.66. The number of fused-ring (bicyclic) bond motifs is 1. The second kappa shape index (κ2) is 8.17. The van der Waals surface area contributed by atoms with E-state index in [0.717, 1.165) is 55.7 Å². The lowest BCUT2D eigenvalue weighted by Crippen LogP contribution is -2.55. The minimum absolute atomic E-state index is 0.823. The fraction of sp³-hybridized carbons (Fsp3) is 0.800. The van der Waals surface area contributed by atoms with E-state index in [9.17, 15) is 0 Å². The van der Waals surface area contributed by atoms with Crippen LogP contribution in [0.3, 0.4) is 0 Å². The lowest BCUT2D eigenvalue weighted by Gasteiger charge is -2.45. The molecule has 4 heterocycles. The van der Waals surface area contributed by atoms with E-state index in [-0.39, 0.29) is 0 Å². The smallest absolute Gasteiger partial charge is 0.0953 e. The Labute approximate surface area is 171 Å². The average molecular weight is 411 g/mol. The first-order valence-corrected chi connectivity index (χ1v) is 11.8. The average Bonchev–Trinajstić information content (AvgIpc) is 3.42. The molecule has 0 N–H and O–H groups in total. The number of likely N-dealkylation sites (tertiary alicyclic amines) is 1. The van der Waals surface area contributed by atoms with E-state index in [1.807, 2.05) is 0 Å². The standard InChI is InChI=1S/C20H31ClN4OS/c21-20-11-18-19(27-20)14-23(15-25(18)24-7-9-26-10-8-24)13-17-3-5-22(6-4-17)12-16-1-2-16/h11,16-17H,1-10,12-15H2. The van der Waals surface area contributed by atoms with Crippen molar-refractivity contribution in [3.05, 3.63) is 15.3 Å². The topological polar surface area (TPSA) is 22.2 Å². The van der Waals surface area contributed by atoms with Gasteiger partial charge in [-0.3, -0.25) is 9.91 Å². The molecule has 1 aliphatic carbocycles. The molecular formula is C20H31ClN4OS. The SMILES string of the molecule is Clc1cc2c(s1)CN(CC1CCN(CC3CC3)CC1)CN2N1CCOCC1. The number of hydrogen-bond donors (Lipinski definition) is 0. The number of hydrazine groups is 1. The summed E-state index contributed by atoms with van der Waals surface area (Å²) in [5.41, 5.74) is 1.32. The number of morpholine rings is 1. The van der Waals surface area contributed by atoms with E-state index in [2.05, 4.69) is 25.9 Å². The van der Waals surface area contributed by atoms with E-state index in [0.29, 0.717) is 0 Å². The highest BCUT2D eigenvalue weighted by atomic mass is 35.5. The van der Waals surface area contributed by atoms with Gasteiger partial charge >= 0.3 is 0 Å². The Kier molecular flexibility index (Phi) is 5.64. The monoisotopic (exact) mass is 410 g/mol. The van der Waals surface area contributed by atoms with Gasteiger partial charge < -0.3 is 9.64 Å². The van der Waals surface area contributed by atoms with Gasteiger partial charge in [-0.15, -0.1) is 11.3 Å². The molecule has 150 valence electrons. The number of rotatable bonds is 5. The van der Waals surface area contributed by atoms with Gasteiger partial charge in [0.05, 0.1) is 29.9 Å². The third-order valence-electron chi connectivity index (χ3n) is 6.50. The van der Waals surface area contributed by atoms with E-state index in [4.69, 9.17) is 16.3 Å². The molecule has 0 radical (unpaired) electrons. The molecule has 5 rings (SSSR count). The van der Waals surface area contributed by atoms with Gasteiger partial charge in [0.2, 0.25) is 0 Å². The first kappa shape index (κ1) is 18.6. The van der Waals surface area contributed by atoms with Gasteiger partial charge in [0.25, 0.3) is 0 Å². The Hall–Kier alpha value is -0.370. The summed E-state index contributed by atoms with van der Waals surface area (Å²) in [4.78, 5) is 6.77. The summed E-state index contributed by atoms with van der Waals surface area (Å²) in [5, 5.41) is 4.92. The first-order chi connectivity index (χ1) is 13.2. The minimum Gasteiger partial charge on any atom is -0.379 e. The summed E-state index contributed by atoms with van der Waals surface area (Å²) < 4.78 is 6.47. The zero-order valence-electron chi connectivity index (χ0n) is 16.1. The fourth-order valence-electron chi connectivity index (χ4n) is 4.78. The zero-order valence-corrected chi connectivity index (χ0v) is 17.7. The number of nitrogens with zero attached hydrogens (tertiary/aromatic N) is 4. The van der Waals surface area contributed by atoms with Gasteiger partial charge in [-0.2, -0.15) is 0 Å². The van der Waals surface area contributed by atoms with Crippen LogP contribution in [0, 0.1) is 11.8 Å². The zero-order chi connectivity index (χ0) is 18.2. The number of thiophene rings is 1. The maximum Gasteiger partial charge on any atom is 0.0953 e. The molecule has 3 fully saturated rings. The van der Waals surface area contributed by atoms with Crippen molar-refractivity contribution in [3.63, 3.8) is 0 Å². The van der Waals surface area contributed by atoms with E-state index >= 15 is 0 Å². The number of anilines is 1. The van der Waals surface area contributed by atoms with Gasteiger partial charge in [0.1, 0.15) is 0 Å². The van der Waals surface area contributed by atoms with Crippen LogP contribution in [-0.2, 0) is 11.3 Å². The third kappa shape index (κ3) is 4.46. The van der Waals surface area contributed by atoms with Crippen LogP contribution in [0.5, 0.6) is 0 Å². The normalized spacial score (nSPS) is 26.5. The molecule has 1 aromatic heterocycles. The van der Waals surface area contributed by atoms with Crippen molar-refractivity contribution in [3.8, 4) is 0 Å². The van der Waals surface area contributed by atoms with Gasteiger partial charge in [-0.25, -0.2) is 5.01 Å². The molecule has 0 atom stereocenters. The maximum absolute atomic E-state index is 6.38. The molecule has 5 nitrogen and oxygen atoms in total. The highest BCUT2D eigenvalue weighted by Crippen LogP contribution is 2.39. The Balaban J connectivity index is 1.21. The van der Waals surface area contributed by atoms with Crippen LogP contribution in [0.1, 0.15) is 30.6 Å². The lowest BCUT2D eigenvalue weighted by molar-refractivity contribution is 0.0194. The molecule has 1 saturated carbocycles. The minimum atomic E-state index is 0.823. The Morgan fingerprint density at radius 3 is 2.41 bits per heavy atom. The number of halogens is 1. The first-order valence-electron chi connectivity index (χ1n) is 10.6. The van der Waals surface area contributed by atoms with Crippen molar-refractivity contribution in [2.45, 2.75) is 32.2 Å². The van der Waals surface area contributed by atoms with Crippen LogP contribution in [0.15, 0.2) is 6.07 Å². The molecule has 1 aromatic rings. The highest BCUT2D eigenvalue weighted by molar-refractivity contribution is 7.16. The summed E-state index contributed by atoms with van der Waals surface area (Å²) in [5.74, 6) is 1.86. The highest BCUT2D eigenvalue weighted by Gasteiger charge is 2.32. The van der Waals surface area contributed by atoms with E-state index in [1.54, 1.807) is 11.3 Å². The van der Waals surface area contributed by atoms with Crippen LogP contribution in [0.4, 0.5) is 5.69 Å². The predicted molar refractivity (Wildman–Crippen MR) is 111 cm³/mol. The Morgan fingerprint density at radius 1 is 0.963 bits per heavy atom. The molecule has 0 spiro atoms. The molecule has 0 amide bonds. The van der Waals surface area contributed by atoms with Crippen molar-refractivity contribution in [1.82, 2.24) is 14.8 Å². The van der Waals surface area contributed by atoms with Crippen molar-refractivity contribution in [2.24, 2.45) is 11.8 Å². The Bertz CT molecular complexity index is 638. The second-order valence-corrected chi connectivity index (χ2v) is 10.4. The molecular weight excluding hydrogens is 380 g/mol. The number of piperidine rings is 1. The largest absolute Gasteiger partial charge is 0.379 e. The number of ether oxygens (including phenoxy) is 1. The molecule has 0 unspecified atom stereocenters. The fourth-order valence-corrected chi connectivity index (χ4v) is 6.08. The van der Waals surface area contributed by atoms with Gasteiger partial charge in [-0.1, -0.05) is 11.6 Å². The molecule has 4 aliphatic rings. The molecule has 0 aromatic carbocycles. The molecule has 3 aliphatic heterocycles. The van der Waals surface area contributed by atoms with E-state index < -0.39 is 0 Å². The summed E-state index contributed by atoms with van der Waals surface area (Å²) in [6.45, 7) is 10.8. The third-order valence-corrected chi connectivity index (χ3v) is 7.74. The van der Waals surface area contributed by atoms with Gasteiger partial charge in [0.15, 0.2) is 0 Å². The van der Waals surface area contributed by atoms with Crippen molar-refractivity contribution >= 4 is 28.6 Å². The molecule has 7 heteroatoms. The molecule has 2 saturated heterocycles. The molecule has 27 heavy (non-hydrogen) atoms. The lowest BCUT2D eigenvalue weighted by atomic mass is 9.96. The molecule has 0 bridgehead atoms. The van der Waals surface area contributed by atoms with Crippen LogP contribution in [-0.4, -0.2) is 74.0 Å². The Morgan fingerprint density at radius 2 is 1.67 bits per heavy atom. The van der Waals surface area contributed by atoms with Crippen molar-refractivity contribution in [2.75, 3.05) is 64.2 Å². The predicted octanol–water partition coefficient (Wildman–Crippen LogP) is 3.35. The van der Waals surface area contributed by atoms with Gasteiger partial charge in [0, 0.05) is 37.6 Å². The van der Waals surface area contributed by atoms with E-state index in [1.165, 1.54) is 62.4 Å². The maximum atomic E-state index is 6.38. The van der Waals surface area contributed by atoms with Crippen molar-refractivity contribution < 1.29 is 4.74 Å². The van der Waals surface area contributed by atoms with Crippen molar-refractivity contribution in [1.29, 1.82) is 0 Å². The quantitative estimate of drug-likeness (QED) is 0.740. The summed E-state index contributed by atoms with van der Waals surface area (Å²) in [6, 6.07) is 2.16.